The molecule has 0 saturated heterocycles. The Morgan fingerprint density at radius 3 is 2.16 bits per heavy atom. The Bertz CT molecular complexity index is 1290. The van der Waals surface area contributed by atoms with Crippen LogP contribution in [-0.4, -0.2) is 43.0 Å². The summed E-state index contributed by atoms with van der Waals surface area (Å²) in [7, 11) is 1.00. The van der Waals surface area contributed by atoms with E-state index < -0.39 is 29.8 Å². The predicted molar refractivity (Wildman–Crippen MR) is 160 cm³/mol. The molecule has 1 fully saturated rings. The van der Waals surface area contributed by atoms with Crippen LogP contribution >= 0.6 is 0 Å². The molecule has 6 nitrogen and oxygen atoms in total. The van der Waals surface area contributed by atoms with Crippen molar-refractivity contribution in [2.24, 2.45) is 5.92 Å². The lowest BCUT2D eigenvalue weighted by atomic mass is 10.0. The first-order valence-corrected chi connectivity index (χ1v) is 14.1. The van der Waals surface area contributed by atoms with E-state index in [9.17, 15) is 22.8 Å². The van der Waals surface area contributed by atoms with E-state index >= 15 is 0 Å². The second-order valence-electron chi connectivity index (χ2n) is 9.34. The van der Waals surface area contributed by atoms with Crippen molar-refractivity contribution < 1.29 is 42.1 Å². The molecule has 9 heteroatoms. The van der Waals surface area contributed by atoms with E-state index in [-0.39, 0.29) is 24.4 Å². The lowest BCUT2D eigenvalue weighted by Crippen LogP contribution is -2.22. The first-order valence-electron chi connectivity index (χ1n) is 14.1. The van der Waals surface area contributed by atoms with Crippen LogP contribution in [0.4, 0.5) is 13.2 Å². The molecule has 1 unspecified atom stereocenters. The van der Waals surface area contributed by atoms with Crippen LogP contribution in [0.25, 0.3) is 11.1 Å². The fraction of sp³-hybridized carbons (Fsp3) is 0.353. The third-order valence-electron chi connectivity index (χ3n) is 6.42. The molecule has 1 saturated carbocycles. The number of halogens is 3. The quantitative estimate of drug-likeness (QED) is 0.153. The van der Waals surface area contributed by atoms with Crippen LogP contribution in [0.5, 0.6) is 5.75 Å². The van der Waals surface area contributed by atoms with Crippen molar-refractivity contribution in [3.63, 3.8) is 0 Å². The van der Waals surface area contributed by atoms with E-state index in [4.69, 9.17) is 19.3 Å². The van der Waals surface area contributed by atoms with E-state index in [1.807, 2.05) is 68.5 Å². The summed E-state index contributed by atoms with van der Waals surface area (Å²) < 4.78 is 55.3. The zero-order valence-electron chi connectivity index (χ0n) is 24.8. The number of carbonyl (C=O) groups is 2. The molecule has 3 atom stereocenters. The second-order valence-corrected chi connectivity index (χ2v) is 9.34. The van der Waals surface area contributed by atoms with Gasteiger partial charge in [0.1, 0.15) is 18.0 Å². The van der Waals surface area contributed by atoms with Crippen LogP contribution in [0.15, 0.2) is 91.0 Å². The molecule has 0 radical (unpaired) electrons. The topological polar surface area (TPSA) is 82.1 Å². The van der Waals surface area contributed by atoms with Crippen molar-refractivity contribution in [1.82, 2.24) is 0 Å². The second kappa shape index (κ2) is 17.8. The van der Waals surface area contributed by atoms with Crippen molar-refractivity contribution in [3.8, 4) is 16.9 Å². The van der Waals surface area contributed by atoms with Gasteiger partial charge in [0.2, 0.25) is 0 Å². The third-order valence-corrected chi connectivity index (χ3v) is 6.42. The third kappa shape index (κ3) is 11.2. The standard InChI is InChI=1S/C31H29F3O5.C2H6.CH4O/c1-21(35)38-28-18-25(10-5-6-17-37-27-12-7-11-26(19-27)31(32,33)34)29(20-28)39-30(36)24-15-13-23(14-16-24)22-8-3-2-4-9-22;2*1-2/h2-5,7-16,19,25,28-29H,6,17-18,20H2,1H3;1-2H3;2H,1H3/b10-5+;;/t25?,28-,29-;;/m1../s1. The number of hydrogen-bond donors (Lipinski definition) is 1. The van der Waals surface area contributed by atoms with Crippen LogP contribution in [0.3, 0.4) is 0 Å². The van der Waals surface area contributed by atoms with Gasteiger partial charge in [0, 0.05) is 26.4 Å². The molecule has 3 aromatic carbocycles. The average molecular weight is 601 g/mol. The van der Waals surface area contributed by atoms with Crippen molar-refractivity contribution in [1.29, 1.82) is 0 Å². The highest BCUT2D eigenvalue weighted by Crippen LogP contribution is 2.33. The Morgan fingerprint density at radius 2 is 1.53 bits per heavy atom. The maximum absolute atomic E-state index is 12.9. The number of rotatable bonds is 9. The van der Waals surface area contributed by atoms with Gasteiger partial charge in [-0.2, -0.15) is 13.2 Å². The van der Waals surface area contributed by atoms with Crippen molar-refractivity contribution in [2.45, 2.75) is 58.4 Å². The summed E-state index contributed by atoms with van der Waals surface area (Å²) in [5.41, 5.74) is 1.68. The fourth-order valence-corrected chi connectivity index (χ4v) is 4.57. The molecule has 0 spiro atoms. The molecular formula is C34H39F3O6. The number of alkyl halides is 3. The van der Waals surface area contributed by atoms with E-state index in [0.717, 1.165) is 30.4 Å². The Kier molecular flexibility index (Phi) is 14.5. The summed E-state index contributed by atoms with van der Waals surface area (Å²) in [5.74, 6) is -0.912. The number of esters is 2. The van der Waals surface area contributed by atoms with Crippen LogP contribution in [0.2, 0.25) is 0 Å². The van der Waals surface area contributed by atoms with Crippen LogP contribution in [-0.2, 0) is 20.4 Å². The predicted octanol–water partition coefficient (Wildman–Crippen LogP) is 7.90. The molecule has 1 aliphatic carbocycles. The summed E-state index contributed by atoms with van der Waals surface area (Å²) >= 11 is 0. The minimum Gasteiger partial charge on any atom is -0.493 e. The molecule has 0 heterocycles. The molecule has 0 aliphatic heterocycles. The minimum atomic E-state index is -4.43. The molecular weight excluding hydrogens is 561 g/mol. The van der Waals surface area contributed by atoms with Gasteiger partial charge in [-0.15, -0.1) is 0 Å². The highest BCUT2D eigenvalue weighted by Gasteiger charge is 2.37. The van der Waals surface area contributed by atoms with Gasteiger partial charge in [-0.1, -0.05) is 74.5 Å². The molecule has 0 aromatic heterocycles. The van der Waals surface area contributed by atoms with Gasteiger partial charge in [-0.3, -0.25) is 4.79 Å². The summed E-state index contributed by atoms with van der Waals surface area (Å²) in [6.07, 6.45) is -0.269. The van der Waals surface area contributed by atoms with Gasteiger partial charge in [0.25, 0.3) is 0 Å². The van der Waals surface area contributed by atoms with E-state index in [0.29, 0.717) is 24.8 Å². The SMILES string of the molecule is CC.CC(=O)O[C@@H]1CC(/C=C/CCOc2cccc(C(F)(F)F)c2)[C@H](OC(=O)c2ccc(-c3ccccc3)cc2)C1.CO. The van der Waals surface area contributed by atoms with Gasteiger partial charge in [-0.05, 0) is 54.3 Å². The van der Waals surface area contributed by atoms with Crippen LogP contribution in [0, 0.1) is 5.92 Å². The number of hydrogen-bond acceptors (Lipinski definition) is 6. The normalized spacial score (nSPS) is 17.6. The van der Waals surface area contributed by atoms with Crippen molar-refractivity contribution >= 4 is 11.9 Å². The largest absolute Gasteiger partial charge is 0.493 e. The lowest BCUT2D eigenvalue weighted by Gasteiger charge is -2.17. The molecule has 1 N–H and O–H groups in total. The van der Waals surface area contributed by atoms with Gasteiger partial charge in [-0.25, -0.2) is 4.79 Å². The van der Waals surface area contributed by atoms with Gasteiger partial charge in [0.05, 0.1) is 17.7 Å². The minimum absolute atomic E-state index is 0.138. The molecule has 1 aliphatic rings. The number of aliphatic hydroxyl groups excluding tert-OH is 1. The number of ether oxygens (including phenoxy) is 3. The molecule has 3 aromatic rings. The fourth-order valence-electron chi connectivity index (χ4n) is 4.57. The first kappa shape index (κ1) is 35.1. The van der Waals surface area contributed by atoms with E-state index in [1.165, 1.54) is 19.1 Å². The summed E-state index contributed by atoms with van der Waals surface area (Å²) in [6.45, 7) is 5.51. The first-order chi connectivity index (χ1) is 20.7. The monoisotopic (exact) mass is 600 g/mol. The number of benzene rings is 3. The molecule has 232 valence electrons. The van der Waals surface area contributed by atoms with Crippen molar-refractivity contribution in [3.05, 3.63) is 102 Å². The van der Waals surface area contributed by atoms with E-state index in [2.05, 4.69) is 0 Å². The van der Waals surface area contributed by atoms with Crippen molar-refractivity contribution in [2.75, 3.05) is 13.7 Å². The number of carbonyl (C=O) groups excluding carboxylic acids is 2. The zero-order chi connectivity index (χ0) is 31.8. The van der Waals surface area contributed by atoms with Gasteiger partial charge in [0.15, 0.2) is 0 Å². The zero-order valence-corrected chi connectivity index (χ0v) is 24.8. The van der Waals surface area contributed by atoms with Gasteiger partial charge >= 0.3 is 18.1 Å². The Morgan fingerprint density at radius 1 is 0.884 bits per heavy atom. The smallest absolute Gasteiger partial charge is 0.416 e. The maximum atomic E-state index is 12.9. The molecule has 4 rings (SSSR count). The summed E-state index contributed by atoms with van der Waals surface area (Å²) in [4.78, 5) is 24.4. The lowest BCUT2D eigenvalue weighted by molar-refractivity contribution is -0.146. The highest BCUT2D eigenvalue weighted by molar-refractivity contribution is 5.90. The molecule has 0 amide bonds. The molecule has 43 heavy (non-hydrogen) atoms. The Balaban J connectivity index is 0.00000155. The van der Waals surface area contributed by atoms with Crippen LogP contribution in [0.1, 0.15) is 56.0 Å². The molecule has 0 bridgehead atoms. The van der Waals surface area contributed by atoms with Crippen LogP contribution < -0.4 is 4.74 Å². The Labute approximate surface area is 251 Å². The highest BCUT2D eigenvalue weighted by atomic mass is 19.4. The number of aliphatic hydroxyl groups is 1. The summed E-state index contributed by atoms with van der Waals surface area (Å²) in [6, 6.07) is 21.7. The average Bonchev–Trinajstić information content (AvgIpc) is 3.38. The Hall–Kier alpha value is -4.11. The summed E-state index contributed by atoms with van der Waals surface area (Å²) in [5, 5.41) is 7.00. The van der Waals surface area contributed by atoms with E-state index in [1.54, 1.807) is 12.1 Å². The maximum Gasteiger partial charge on any atom is 0.416 e. The van der Waals surface area contributed by atoms with Gasteiger partial charge < -0.3 is 19.3 Å².